The van der Waals surface area contributed by atoms with Gasteiger partial charge in [0.05, 0.1) is 13.0 Å². The Bertz CT molecular complexity index is 760. The molecule has 0 radical (unpaired) electrons. The zero-order chi connectivity index (χ0) is 21.8. The van der Waals surface area contributed by atoms with Crippen LogP contribution < -0.4 is 10.1 Å². The van der Waals surface area contributed by atoms with Crippen molar-refractivity contribution in [3.05, 3.63) is 23.8 Å². The Morgan fingerprint density at radius 2 is 2.00 bits per heavy atom. The summed E-state index contributed by atoms with van der Waals surface area (Å²) in [4.78, 5) is 26.6. The number of rotatable bonds is 6. The van der Waals surface area contributed by atoms with Crippen molar-refractivity contribution in [3.63, 3.8) is 0 Å². The molecular weight excluding hydrogens is 384 g/mol. The fourth-order valence-electron chi connectivity index (χ4n) is 4.41. The lowest BCUT2D eigenvalue weighted by molar-refractivity contribution is -0.130. The van der Waals surface area contributed by atoms with Gasteiger partial charge in [0, 0.05) is 19.6 Å². The van der Waals surface area contributed by atoms with Gasteiger partial charge in [0.2, 0.25) is 5.91 Å². The standard InChI is InChI=1S/C23H34N2O5/c1-14(2)18-7-5-15(3)9-20(18)30-23(28)25-12-17(13-25)22(27)24-11-16-6-8-19(26)21(10-16)29-4/h6,8,10,14-15,17-18,20,26H,5,7,9,11-13H2,1-4H3,(H,24,27). The molecule has 3 atom stereocenters. The number of amides is 2. The summed E-state index contributed by atoms with van der Waals surface area (Å²) in [6, 6.07) is 4.97. The Balaban J connectivity index is 1.44. The van der Waals surface area contributed by atoms with Gasteiger partial charge in [-0.15, -0.1) is 0 Å². The van der Waals surface area contributed by atoms with Crippen molar-refractivity contribution in [1.82, 2.24) is 10.2 Å². The molecule has 7 heteroatoms. The molecule has 1 aromatic rings. The SMILES string of the molecule is COc1cc(CNC(=O)C2CN(C(=O)OC3CC(C)CCC3C(C)C)C2)ccc1O. The highest BCUT2D eigenvalue weighted by molar-refractivity contribution is 5.82. The number of likely N-dealkylation sites (tertiary alicyclic amines) is 1. The van der Waals surface area contributed by atoms with E-state index in [2.05, 4.69) is 26.1 Å². The molecule has 7 nitrogen and oxygen atoms in total. The lowest BCUT2D eigenvalue weighted by Crippen LogP contribution is -2.56. The molecule has 1 saturated carbocycles. The van der Waals surface area contributed by atoms with Crippen LogP contribution in [0.25, 0.3) is 0 Å². The van der Waals surface area contributed by atoms with Crippen LogP contribution in [0.5, 0.6) is 11.5 Å². The molecule has 166 valence electrons. The van der Waals surface area contributed by atoms with E-state index < -0.39 is 0 Å². The van der Waals surface area contributed by atoms with Gasteiger partial charge in [-0.25, -0.2) is 4.79 Å². The number of phenols is 1. The van der Waals surface area contributed by atoms with E-state index in [1.165, 1.54) is 19.6 Å². The fraction of sp³-hybridized carbons (Fsp3) is 0.652. The predicted molar refractivity (Wildman–Crippen MR) is 113 cm³/mol. The molecule has 2 amide bonds. The molecule has 0 aromatic heterocycles. The average Bonchev–Trinajstić information content (AvgIpc) is 2.66. The van der Waals surface area contributed by atoms with Crippen LogP contribution in [0, 0.1) is 23.7 Å². The lowest BCUT2D eigenvalue weighted by atomic mass is 9.75. The third kappa shape index (κ3) is 5.18. The van der Waals surface area contributed by atoms with Crippen LogP contribution in [0.1, 0.15) is 45.6 Å². The third-order valence-electron chi connectivity index (χ3n) is 6.43. The Kier molecular flexibility index (Phi) is 7.10. The number of carbonyl (C=O) groups excluding carboxylic acids is 2. The molecule has 30 heavy (non-hydrogen) atoms. The first kappa shape index (κ1) is 22.2. The summed E-state index contributed by atoms with van der Waals surface area (Å²) in [6.07, 6.45) is 2.88. The first-order chi connectivity index (χ1) is 14.3. The van der Waals surface area contributed by atoms with Crippen molar-refractivity contribution in [1.29, 1.82) is 0 Å². The minimum absolute atomic E-state index is 0.0291. The number of carbonyl (C=O) groups is 2. The minimum atomic E-state index is -0.299. The highest BCUT2D eigenvalue weighted by atomic mass is 16.6. The topological polar surface area (TPSA) is 88.1 Å². The number of phenolic OH excluding ortho intramolecular Hbond substituents is 1. The monoisotopic (exact) mass is 418 g/mol. The number of methoxy groups -OCH3 is 1. The molecule has 0 bridgehead atoms. The van der Waals surface area contributed by atoms with Gasteiger partial charge in [-0.3, -0.25) is 4.79 Å². The maximum absolute atomic E-state index is 12.6. The Hall–Kier alpha value is -2.44. The Morgan fingerprint density at radius 1 is 1.27 bits per heavy atom. The largest absolute Gasteiger partial charge is 0.504 e. The quantitative estimate of drug-likeness (QED) is 0.738. The molecule has 1 saturated heterocycles. The van der Waals surface area contributed by atoms with Crippen LogP contribution in [0.15, 0.2) is 18.2 Å². The number of nitrogens with one attached hydrogen (secondary N) is 1. The van der Waals surface area contributed by atoms with E-state index >= 15 is 0 Å². The van der Waals surface area contributed by atoms with E-state index in [1.54, 1.807) is 17.0 Å². The number of ether oxygens (including phenoxy) is 2. The van der Waals surface area contributed by atoms with E-state index in [9.17, 15) is 14.7 Å². The summed E-state index contributed by atoms with van der Waals surface area (Å²) >= 11 is 0. The van der Waals surface area contributed by atoms with E-state index in [0.29, 0.717) is 43.1 Å². The molecule has 2 fully saturated rings. The van der Waals surface area contributed by atoms with E-state index in [-0.39, 0.29) is 29.8 Å². The van der Waals surface area contributed by atoms with Crippen LogP contribution in [0.2, 0.25) is 0 Å². The smallest absolute Gasteiger partial charge is 0.410 e. The summed E-state index contributed by atoms with van der Waals surface area (Å²) in [5.74, 6) is 1.60. The second-order valence-corrected chi connectivity index (χ2v) is 9.07. The molecule has 2 aliphatic rings. The normalized spacial score (nSPS) is 24.3. The summed E-state index contributed by atoms with van der Waals surface area (Å²) in [5, 5.41) is 12.5. The van der Waals surface area contributed by atoms with Crippen molar-refractivity contribution in [3.8, 4) is 11.5 Å². The molecule has 3 unspecified atom stereocenters. The van der Waals surface area contributed by atoms with Gasteiger partial charge in [0.1, 0.15) is 6.10 Å². The molecule has 1 heterocycles. The fourth-order valence-corrected chi connectivity index (χ4v) is 4.41. The van der Waals surface area contributed by atoms with Crippen molar-refractivity contribution in [2.75, 3.05) is 20.2 Å². The van der Waals surface area contributed by atoms with Crippen molar-refractivity contribution in [2.24, 2.45) is 23.7 Å². The number of nitrogens with zero attached hydrogens (tertiary/aromatic N) is 1. The highest BCUT2D eigenvalue weighted by Crippen LogP contribution is 2.36. The summed E-state index contributed by atoms with van der Waals surface area (Å²) in [6.45, 7) is 7.71. The number of aromatic hydroxyl groups is 1. The van der Waals surface area contributed by atoms with Gasteiger partial charge in [0.25, 0.3) is 0 Å². The first-order valence-corrected chi connectivity index (χ1v) is 10.9. The summed E-state index contributed by atoms with van der Waals surface area (Å²) in [5.41, 5.74) is 0.833. The molecule has 1 aliphatic heterocycles. The molecule has 1 aliphatic carbocycles. The zero-order valence-electron chi connectivity index (χ0n) is 18.4. The van der Waals surface area contributed by atoms with Crippen molar-refractivity contribution in [2.45, 2.75) is 52.7 Å². The van der Waals surface area contributed by atoms with Gasteiger partial charge in [0.15, 0.2) is 11.5 Å². The highest BCUT2D eigenvalue weighted by Gasteiger charge is 2.39. The number of benzene rings is 1. The van der Waals surface area contributed by atoms with Crippen LogP contribution >= 0.6 is 0 Å². The molecule has 1 aromatic carbocycles. The van der Waals surface area contributed by atoms with Gasteiger partial charge < -0.3 is 24.8 Å². The second-order valence-electron chi connectivity index (χ2n) is 9.07. The van der Waals surface area contributed by atoms with Gasteiger partial charge in [-0.1, -0.05) is 33.3 Å². The van der Waals surface area contributed by atoms with E-state index in [1.807, 2.05) is 0 Å². The average molecular weight is 419 g/mol. The summed E-state index contributed by atoms with van der Waals surface area (Å²) in [7, 11) is 1.48. The zero-order valence-corrected chi connectivity index (χ0v) is 18.4. The maximum Gasteiger partial charge on any atom is 0.410 e. The van der Waals surface area contributed by atoms with Crippen LogP contribution in [0.4, 0.5) is 4.79 Å². The van der Waals surface area contributed by atoms with Crippen molar-refractivity contribution >= 4 is 12.0 Å². The van der Waals surface area contributed by atoms with Gasteiger partial charge in [-0.05, 0) is 48.3 Å². The van der Waals surface area contributed by atoms with E-state index in [4.69, 9.17) is 9.47 Å². The molecular formula is C23H34N2O5. The van der Waals surface area contributed by atoms with Crippen molar-refractivity contribution < 1.29 is 24.2 Å². The molecule has 0 spiro atoms. The van der Waals surface area contributed by atoms with Crippen LogP contribution in [-0.2, 0) is 16.1 Å². The van der Waals surface area contributed by atoms with E-state index in [0.717, 1.165) is 18.4 Å². The number of hydrogen-bond donors (Lipinski definition) is 2. The second kappa shape index (κ2) is 9.58. The molecule has 2 N–H and O–H groups in total. The van der Waals surface area contributed by atoms with Crippen LogP contribution in [0.3, 0.4) is 0 Å². The van der Waals surface area contributed by atoms with Crippen LogP contribution in [-0.4, -0.2) is 48.3 Å². The number of hydrogen-bond acceptors (Lipinski definition) is 5. The maximum atomic E-state index is 12.6. The Morgan fingerprint density at radius 3 is 2.67 bits per heavy atom. The first-order valence-electron chi connectivity index (χ1n) is 10.9. The third-order valence-corrected chi connectivity index (χ3v) is 6.43. The van der Waals surface area contributed by atoms with Gasteiger partial charge in [-0.2, -0.15) is 0 Å². The molecule has 3 rings (SSSR count). The van der Waals surface area contributed by atoms with Gasteiger partial charge >= 0.3 is 6.09 Å². The minimum Gasteiger partial charge on any atom is -0.504 e. The predicted octanol–water partition coefficient (Wildman–Crippen LogP) is 3.55. The lowest BCUT2D eigenvalue weighted by Gasteiger charge is -2.41. The Labute approximate surface area is 178 Å². The summed E-state index contributed by atoms with van der Waals surface area (Å²) < 4.78 is 10.9.